The number of nitrogens with one attached hydrogen (secondary N) is 2. The normalized spacial score (nSPS) is 22.7. The molecule has 0 aromatic carbocycles. The number of alkyl halides is 1. The number of ether oxygens (including phenoxy) is 1. The highest BCUT2D eigenvalue weighted by Gasteiger charge is 2.48. The standard InChI is InChI=1S/C14H22FN5O7S/c1-3-26-13(22)11(15)27-20-9-6-8(2)10(19(7-9)14(20)23)12(21)17-4-5-18-28(16,24)25/h6,9-11,18H,3-5,7H2,1-2H3,(H,17,21)(H2,16,24,25)/t9-,10+,11-/m1/s1. The van der Waals surface area contributed by atoms with Crippen molar-refractivity contribution in [2.24, 2.45) is 5.14 Å². The van der Waals surface area contributed by atoms with Gasteiger partial charge in [0.15, 0.2) is 0 Å². The van der Waals surface area contributed by atoms with E-state index in [1.165, 1.54) is 11.8 Å². The highest BCUT2D eigenvalue weighted by Crippen LogP contribution is 2.30. The molecule has 0 saturated carbocycles. The minimum Gasteiger partial charge on any atom is -0.462 e. The summed E-state index contributed by atoms with van der Waals surface area (Å²) in [4.78, 5) is 42.3. The Bertz CT molecular complexity index is 774. The molecule has 3 amide bonds. The Labute approximate surface area is 160 Å². The first-order valence-corrected chi connectivity index (χ1v) is 9.90. The van der Waals surface area contributed by atoms with Gasteiger partial charge >= 0.3 is 18.4 Å². The molecule has 12 nitrogen and oxygen atoms in total. The van der Waals surface area contributed by atoms with Crippen molar-refractivity contribution < 1.29 is 36.8 Å². The van der Waals surface area contributed by atoms with Crippen LogP contribution in [-0.2, 0) is 29.4 Å². The fourth-order valence-electron chi connectivity index (χ4n) is 2.90. The van der Waals surface area contributed by atoms with Crippen molar-refractivity contribution in [1.82, 2.24) is 20.0 Å². The van der Waals surface area contributed by atoms with Gasteiger partial charge in [-0.1, -0.05) is 6.08 Å². The molecule has 1 fully saturated rings. The summed E-state index contributed by atoms with van der Waals surface area (Å²) in [5.41, 5.74) is 0.513. The Kier molecular flexibility index (Phi) is 6.92. The third-order valence-electron chi connectivity index (χ3n) is 3.97. The van der Waals surface area contributed by atoms with Gasteiger partial charge in [-0.2, -0.15) is 13.5 Å². The number of carbonyl (C=O) groups excluding carboxylic acids is 3. The van der Waals surface area contributed by atoms with Crippen LogP contribution in [0.25, 0.3) is 0 Å². The zero-order chi connectivity index (χ0) is 21.1. The number of fused-ring (bicyclic) bond motifs is 2. The van der Waals surface area contributed by atoms with Crippen LogP contribution in [0.2, 0.25) is 0 Å². The molecule has 2 aliphatic rings. The maximum atomic E-state index is 13.8. The van der Waals surface area contributed by atoms with Gasteiger partial charge in [-0.05, 0) is 19.4 Å². The summed E-state index contributed by atoms with van der Waals surface area (Å²) in [6.45, 7) is 2.93. The Morgan fingerprint density at radius 1 is 1.43 bits per heavy atom. The lowest BCUT2D eigenvalue weighted by Gasteiger charge is -2.29. The lowest BCUT2D eigenvalue weighted by Crippen LogP contribution is -2.51. The summed E-state index contributed by atoms with van der Waals surface area (Å²) in [5, 5.41) is 7.96. The monoisotopic (exact) mass is 423 g/mol. The minimum absolute atomic E-state index is 0.0479. The van der Waals surface area contributed by atoms with Crippen LogP contribution in [0.4, 0.5) is 9.18 Å². The van der Waals surface area contributed by atoms with Crippen molar-refractivity contribution in [3.05, 3.63) is 11.6 Å². The van der Waals surface area contributed by atoms with Gasteiger partial charge in [0.05, 0.1) is 19.2 Å². The van der Waals surface area contributed by atoms with Crippen LogP contribution < -0.4 is 15.2 Å². The van der Waals surface area contributed by atoms with Crippen LogP contribution in [0, 0.1) is 0 Å². The largest absolute Gasteiger partial charge is 0.462 e. The molecule has 1 saturated heterocycles. The smallest absolute Gasteiger partial charge is 0.370 e. The minimum atomic E-state index is -3.88. The van der Waals surface area contributed by atoms with Gasteiger partial charge in [-0.15, -0.1) is 0 Å². The number of hydrogen-bond donors (Lipinski definition) is 3. The first kappa shape index (κ1) is 22.0. The third kappa shape index (κ3) is 5.15. The summed E-state index contributed by atoms with van der Waals surface area (Å²) < 4.78 is 41.9. The zero-order valence-corrected chi connectivity index (χ0v) is 16.1. The van der Waals surface area contributed by atoms with Gasteiger partial charge in [0.25, 0.3) is 10.2 Å². The Morgan fingerprint density at radius 3 is 2.71 bits per heavy atom. The van der Waals surface area contributed by atoms with E-state index in [4.69, 9.17) is 9.98 Å². The number of nitrogens with two attached hydrogens (primary N) is 1. The molecule has 2 heterocycles. The van der Waals surface area contributed by atoms with Crippen molar-refractivity contribution >= 4 is 28.1 Å². The highest BCUT2D eigenvalue weighted by molar-refractivity contribution is 7.87. The maximum Gasteiger partial charge on any atom is 0.370 e. The van der Waals surface area contributed by atoms with Gasteiger partial charge < -0.3 is 15.0 Å². The number of nitrogens with zero attached hydrogens (tertiary/aromatic N) is 2. The number of hydroxylamine groups is 2. The fourth-order valence-corrected chi connectivity index (χ4v) is 3.28. The summed E-state index contributed by atoms with van der Waals surface area (Å²) in [6, 6.07) is -2.44. The summed E-state index contributed by atoms with van der Waals surface area (Å²) in [5.74, 6) is -1.81. The molecule has 4 N–H and O–H groups in total. The van der Waals surface area contributed by atoms with Gasteiger partial charge in [-0.25, -0.2) is 28.7 Å². The average Bonchev–Trinajstić information content (AvgIpc) is 2.83. The number of rotatable bonds is 9. The van der Waals surface area contributed by atoms with E-state index in [9.17, 15) is 27.2 Å². The quantitative estimate of drug-likeness (QED) is 0.222. The van der Waals surface area contributed by atoms with E-state index in [1.807, 2.05) is 4.72 Å². The molecular weight excluding hydrogens is 401 g/mol. The Morgan fingerprint density at radius 2 is 2.11 bits per heavy atom. The van der Waals surface area contributed by atoms with Crippen LogP contribution >= 0.6 is 0 Å². The van der Waals surface area contributed by atoms with Crippen molar-refractivity contribution in [1.29, 1.82) is 0 Å². The average molecular weight is 423 g/mol. The number of esters is 1. The number of hydrogen-bond acceptors (Lipinski definition) is 7. The number of amides is 3. The molecule has 2 aliphatic heterocycles. The molecule has 0 unspecified atom stereocenters. The number of halogens is 1. The molecular formula is C14H22FN5O7S. The molecule has 0 radical (unpaired) electrons. The summed E-state index contributed by atoms with van der Waals surface area (Å²) in [7, 11) is -3.88. The molecule has 28 heavy (non-hydrogen) atoms. The predicted molar refractivity (Wildman–Crippen MR) is 92.0 cm³/mol. The van der Waals surface area contributed by atoms with Gasteiger partial charge in [0.1, 0.15) is 6.04 Å². The lowest BCUT2D eigenvalue weighted by atomic mass is 10.00. The van der Waals surface area contributed by atoms with Crippen molar-refractivity contribution in [2.45, 2.75) is 32.3 Å². The van der Waals surface area contributed by atoms with Gasteiger partial charge in [0.2, 0.25) is 5.91 Å². The molecule has 158 valence electrons. The predicted octanol–water partition coefficient (Wildman–Crippen LogP) is -1.88. The van der Waals surface area contributed by atoms with Crippen molar-refractivity contribution in [2.75, 3.05) is 26.2 Å². The van der Waals surface area contributed by atoms with Crippen molar-refractivity contribution in [3.63, 3.8) is 0 Å². The summed E-state index contributed by atoms with van der Waals surface area (Å²) >= 11 is 0. The second-order valence-corrected chi connectivity index (χ2v) is 7.42. The fraction of sp³-hybridized carbons (Fsp3) is 0.643. The molecule has 0 aliphatic carbocycles. The number of urea groups is 1. The molecule has 2 bridgehead atoms. The van der Waals surface area contributed by atoms with Crippen molar-refractivity contribution in [3.8, 4) is 0 Å². The SMILES string of the molecule is CCOC(=O)[C@H](F)ON1C(=O)N2C[C@H]1C=C(C)[C@H]2C(=O)NCCNS(N)(=O)=O. The van der Waals surface area contributed by atoms with Crippen LogP contribution in [0.3, 0.4) is 0 Å². The van der Waals surface area contributed by atoms with E-state index in [0.29, 0.717) is 10.6 Å². The highest BCUT2D eigenvalue weighted by atomic mass is 32.2. The van der Waals surface area contributed by atoms with E-state index in [1.54, 1.807) is 13.0 Å². The first-order valence-electron chi connectivity index (χ1n) is 8.36. The van der Waals surface area contributed by atoms with Crippen LogP contribution in [0.5, 0.6) is 0 Å². The third-order valence-corrected chi connectivity index (χ3v) is 4.58. The molecule has 2 rings (SSSR count). The molecule has 14 heteroatoms. The van der Waals surface area contributed by atoms with Crippen LogP contribution in [0.1, 0.15) is 13.8 Å². The van der Waals surface area contributed by atoms with E-state index in [2.05, 4.69) is 10.1 Å². The molecule has 3 atom stereocenters. The molecule has 0 aromatic heterocycles. The van der Waals surface area contributed by atoms with Gasteiger partial charge in [0, 0.05) is 13.1 Å². The summed E-state index contributed by atoms with van der Waals surface area (Å²) in [6.07, 6.45) is -0.915. The maximum absolute atomic E-state index is 13.8. The topological polar surface area (TPSA) is 160 Å². The Balaban J connectivity index is 1.99. The van der Waals surface area contributed by atoms with E-state index < -0.39 is 46.6 Å². The first-order chi connectivity index (χ1) is 13.0. The second-order valence-electron chi connectivity index (χ2n) is 6.05. The zero-order valence-electron chi connectivity index (χ0n) is 15.3. The second kappa shape index (κ2) is 8.81. The van der Waals surface area contributed by atoms with Gasteiger partial charge in [-0.3, -0.25) is 4.79 Å². The molecule has 0 aromatic rings. The van der Waals surface area contributed by atoms with E-state index in [-0.39, 0.29) is 26.2 Å². The number of carbonyl (C=O) groups is 3. The van der Waals surface area contributed by atoms with Crippen LogP contribution in [0.15, 0.2) is 11.6 Å². The lowest BCUT2D eigenvalue weighted by molar-refractivity contribution is -0.223. The molecule has 0 spiro atoms. The van der Waals surface area contributed by atoms with E-state index in [0.717, 1.165) is 0 Å². The van der Waals surface area contributed by atoms with E-state index >= 15 is 0 Å². The van der Waals surface area contributed by atoms with Crippen LogP contribution in [-0.4, -0.2) is 81.0 Å². The Hall–Kier alpha value is -2.29.